The minimum absolute atomic E-state index is 0.102. The Balaban J connectivity index is 1.54. The quantitative estimate of drug-likeness (QED) is 0.444. The van der Waals surface area contributed by atoms with Gasteiger partial charge in [0.05, 0.1) is 24.6 Å². The van der Waals surface area contributed by atoms with E-state index in [2.05, 4.69) is 15.5 Å². The van der Waals surface area contributed by atoms with Gasteiger partial charge in [0, 0.05) is 23.3 Å². The topological polar surface area (TPSA) is 90.5 Å². The summed E-state index contributed by atoms with van der Waals surface area (Å²) in [5.41, 5.74) is 0.550. The van der Waals surface area contributed by atoms with Crippen LogP contribution in [0.5, 0.6) is 5.75 Å². The maximum absolute atomic E-state index is 12.9. The SMILES string of the molecule is COc1cccc(-n2ccn3c(S[C@H](C)C(=O)NCc4cccs4)nnc3c2=O)c1. The zero-order valence-corrected chi connectivity index (χ0v) is 17.9. The number of hydrogen-bond donors (Lipinski definition) is 1. The predicted molar refractivity (Wildman–Crippen MR) is 117 cm³/mol. The monoisotopic (exact) mass is 441 g/mol. The lowest BCUT2D eigenvalue weighted by Crippen LogP contribution is -2.30. The summed E-state index contributed by atoms with van der Waals surface area (Å²) in [6, 6.07) is 11.1. The average molecular weight is 442 g/mol. The summed E-state index contributed by atoms with van der Waals surface area (Å²) in [4.78, 5) is 26.4. The van der Waals surface area contributed by atoms with Gasteiger partial charge in [-0.3, -0.25) is 18.6 Å². The van der Waals surface area contributed by atoms with Crippen molar-refractivity contribution in [3.63, 3.8) is 0 Å². The van der Waals surface area contributed by atoms with Crippen LogP contribution in [0.3, 0.4) is 0 Å². The van der Waals surface area contributed by atoms with Crippen LogP contribution < -0.4 is 15.6 Å². The van der Waals surface area contributed by atoms with Crippen LogP contribution in [0.15, 0.2) is 64.1 Å². The minimum Gasteiger partial charge on any atom is -0.497 e. The van der Waals surface area contributed by atoms with Crippen molar-refractivity contribution in [2.75, 3.05) is 7.11 Å². The van der Waals surface area contributed by atoms with Gasteiger partial charge in [0.2, 0.25) is 11.6 Å². The number of carbonyl (C=O) groups excluding carboxylic acids is 1. The van der Waals surface area contributed by atoms with E-state index < -0.39 is 5.25 Å². The molecule has 3 aromatic heterocycles. The number of nitrogens with one attached hydrogen (secondary N) is 1. The highest BCUT2D eigenvalue weighted by Crippen LogP contribution is 2.22. The third-order valence-electron chi connectivity index (χ3n) is 4.44. The molecule has 0 aliphatic rings. The molecule has 0 spiro atoms. The van der Waals surface area contributed by atoms with Crippen molar-refractivity contribution in [3.8, 4) is 11.4 Å². The molecular weight excluding hydrogens is 422 g/mol. The maximum Gasteiger partial charge on any atom is 0.300 e. The molecule has 0 fully saturated rings. The Morgan fingerprint density at radius 2 is 2.13 bits per heavy atom. The molecule has 0 aliphatic heterocycles. The second-order valence-electron chi connectivity index (χ2n) is 6.41. The lowest BCUT2D eigenvalue weighted by Gasteiger charge is -2.11. The van der Waals surface area contributed by atoms with Crippen LogP contribution in [0.4, 0.5) is 0 Å². The predicted octanol–water partition coefficient (Wildman–Crippen LogP) is 2.75. The molecule has 1 atom stereocenters. The molecule has 0 bridgehead atoms. The number of rotatable bonds is 7. The van der Waals surface area contributed by atoms with E-state index in [0.717, 1.165) is 4.88 Å². The van der Waals surface area contributed by atoms with Gasteiger partial charge in [-0.15, -0.1) is 21.5 Å². The summed E-state index contributed by atoms with van der Waals surface area (Å²) in [5.74, 6) is 0.550. The second-order valence-corrected chi connectivity index (χ2v) is 8.75. The number of benzene rings is 1. The Kier molecular flexibility index (Phi) is 5.86. The summed E-state index contributed by atoms with van der Waals surface area (Å²) in [7, 11) is 1.57. The zero-order valence-electron chi connectivity index (χ0n) is 16.3. The standard InChI is InChI=1S/C20H19N5O3S2/c1-13(18(26)21-12-16-7-4-10-29-16)30-20-23-22-17-19(27)24(8-9-25(17)20)14-5-3-6-15(11-14)28-2/h3-11,13H,12H2,1-2H3,(H,21,26)/t13-/m1/s1. The Morgan fingerprint density at radius 3 is 2.90 bits per heavy atom. The number of hydrogen-bond acceptors (Lipinski definition) is 7. The smallest absolute Gasteiger partial charge is 0.300 e. The molecule has 0 radical (unpaired) electrons. The number of thioether (sulfide) groups is 1. The maximum atomic E-state index is 12.9. The van der Waals surface area contributed by atoms with E-state index in [1.807, 2.05) is 35.7 Å². The van der Waals surface area contributed by atoms with E-state index >= 15 is 0 Å². The molecule has 10 heteroatoms. The molecule has 4 rings (SSSR count). The first kappa shape index (κ1) is 20.2. The van der Waals surface area contributed by atoms with Crippen molar-refractivity contribution >= 4 is 34.7 Å². The Morgan fingerprint density at radius 1 is 1.27 bits per heavy atom. The van der Waals surface area contributed by atoms with E-state index in [9.17, 15) is 9.59 Å². The van der Waals surface area contributed by atoms with Crippen LogP contribution in [0.25, 0.3) is 11.3 Å². The number of methoxy groups -OCH3 is 1. The highest BCUT2D eigenvalue weighted by molar-refractivity contribution is 8.00. The Bertz CT molecular complexity index is 1230. The molecule has 1 amide bonds. The number of amides is 1. The molecule has 3 heterocycles. The van der Waals surface area contributed by atoms with Crippen LogP contribution in [0, 0.1) is 0 Å². The first-order chi connectivity index (χ1) is 14.6. The van der Waals surface area contributed by atoms with Crippen LogP contribution in [0.1, 0.15) is 11.8 Å². The molecule has 1 aromatic carbocycles. The summed E-state index contributed by atoms with van der Waals surface area (Å²) < 4.78 is 8.32. The van der Waals surface area contributed by atoms with Gasteiger partial charge < -0.3 is 10.1 Å². The van der Waals surface area contributed by atoms with Crippen LogP contribution in [0.2, 0.25) is 0 Å². The molecule has 1 N–H and O–H groups in total. The van der Waals surface area contributed by atoms with Crippen molar-refractivity contribution in [3.05, 3.63) is 69.4 Å². The number of thiophene rings is 1. The van der Waals surface area contributed by atoms with E-state index in [4.69, 9.17) is 4.74 Å². The molecule has 154 valence electrons. The van der Waals surface area contributed by atoms with Crippen molar-refractivity contribution in [1.29, 1.82) is 0 Å². The van der Waals surface area contributed by atoms with Crippen molar-refractivity contribution in [1.82, 2.24) is 24.5 Å². The summed E-state index contributed by atoms with van der Waals surface area (Å²) in [5, 5.41) is 13.1. The molecule has 30 heavy (non-hydrogen) atoms. The second kappa shape index (κ2) is 8.72. The van der Waals surface area contributed by atoms with Crippen molar-refractivity contribution in [2.45, 2.75) is 23.9 Å². The fraction of sp³-hybridized carbons (Fsp3) is 0.200. The molecule has 8 nitrogen and oxygen atoms in total. The van der Waals surface area contributed by atoms with Gasteiger partial charge in [-0.1, -0.05) is 23.9 Å². The van der Waals surface area contributed by atoms with Gasteiger partial charge in [-0.2, -0.15) is 0 Å². The first-order valence-corrected chi connectivity index (χ1v) is 10.9. The molecule has 4 aromatic rings. The van der Waals surface area contributed by atoms with Gasteiger partial charge >= 0.3 is 5.56 Å². The number of nitrogens with zero attached hydrogens (tertiary/aromatic N) is 4. The van der Waals surface area contributed by atoms with E-state index in [0.29, 0.717) is 23.1 Å². The zero-order chi connectivity index (χ0) is 21.1. The highest BCUT2D eigenvalue weighted by Gasteiger charge is 2.19. The number of fused-ring (bicyclic) bond motifs is 1. The highest BCUT2D eigenvalue weighted by atomic mass is 32.2. The van der Waals surface area contributed by atoms with Gasteiger partial charge in [-0.25, -0.2) is 0 Å². The molecular formula is C20H19N5O3S2. The normalized spacial score (nSPS) is 12.1. The third kappa shape index (κ3) is 4.10. The Labute approximate surface area is 180 Å². The Hall–Kier alpha value is -3.11. The van der Waals surface area contributed by atoms with Gasteiger partial charge in [0.25, 0.3) is 0 Å². The average Bonchev–Trinajstić information content (AvgIpc) is 3.43. The van der Waals surface area contributed by atoms with Crippen LogP contribution >= 0.6 is 23.1 Å². The van der Waals surface area contributed by atoms with Crippen LogP contribution in [-0.4, -0.2) is 37.4 Å². The molecule has 0 unspecified atom stereocenters. The van der Waals surface area contributed by atoms with Crippen LogP contribution in [-0.2, 0) is 11.3 Å². The minimum atomic E-state index is -0.391. The van der Waals surface area contributed by atoms with Gasteiger partial charge in [0.15, 0.2) is 5.16 Å². The van der Waals surface area contributed by atoms with Crippen molar-refractivity contribution in [2.24, 2.45) is 0 Å². The van der Waals surface area contributed by atoms with Gasteiger partial charge in [-0.05, 0) is 30.5 Å². The first-order valence-electron chi connectivity index (χ1n) is 9.14. The largest absolute Gasteiger partial charge is 0.497 e. The fourth-order valence-corrected chi connectivity index (χ4v) is 4.35. The molecule has 0 aliphatic carbocycles. The number of aromatic nitrogens is 4. The number of carbonyl (C=O) groups is 1. The molecule has 0 saturated carbocycles. The lowest BCUT2D eigenvalue weighted by molar-refractivity contribution is -0.120. The van der Waals surface area contributed by atoms with Gasteiger partial charge in [0.1, 0.15) is 5.75 Å². The van der Waals surface area contributed by atoms with E-state index in [1.165, 1.54) is 16.3 Å². The number of ether oxygens (including phenoxy) is 1. The third-order valence-corrected chi connectivity index (χ3v) is 6.37. The van der Waals surface area contributed by atoms with Crippen molar-refractivity contribution < 1.29 is 9.53 Å². The summed E-state index contributed by atoms with van der Waals surface area (Å²) >= 11 is 2.85. The fourth-order valence-electron chi connectivity index (χ4n) is 2.85. The summed E-state index contributed by atoms with van der Waals surface area (Å²) in [6.45, 7) is 2.29. The summed E-state index contributed by atoms with van der Waals surface area (Å²) in [6.07, 6.45) is 3.37. The molecule has 0 saturated heterocycles. The lowest BCUT2D eigenvalue weighted by atomic mass is 10.3. The van der Waals surface area contributed by atoms with E-state index in [-0.39, 0.29) is 17.1 Å². The van der Waals surface area contributed by atoms with E-state index in [1.54, 1.807) is 48.2 Å².